The van der Waals surface area contributed by atoms with E-state index in [1.54, 1.807) is 25.1 Å². The van der Waals surface area contributed by atoms with Crippen LogP contribution in [0.2, 0.25) is 0 Å². The summed E-state index contributed by atoms with van der Waals surface area (Å²) in [5.41, 5.74) is 3.68. The van der Waals surface area contributed by atoms with Crippen LogP contribution < -0.4 is 0 Å². The Morgan fingerprint density at radius 2 is 1.70 bits per heavy atom. The van der Waals surface area contributed by atoms with Crippen molar-refractivity contribution >= 4 is 5.57 Å². The highest BCUT2D eigenvalue weighted by Gasteiger charge is 2.24. The first kappa shape index (κ1) is 21.2. The summed E-state index contributed by atoms with van der Waals surface area (Å²) in [4.78, 5) is 0. The topological polar surface area (TPSA) is 0 Å². The lowest BCUT2D eigenvalue weighted by Crippen LogP contribution is -2.14. The maximum Gasteiger partial charge on any atom is 0.166 e. The zero-order chi connectivity index (χ0) is 21.1. The summed E-state index contributed by atoms with van der Waals surface area (Å²) >= 11 is 0. The molecule has 0 heterocycles. The minimum absolute atomic E-state index is 0.125. The number of benzene rings is 2. The normalized spacial score (nSPS) is 22.1. The van der Waals surface area contributed by atoms with Gasteiger partial charge in [0.05, 0.1) is 0 Å². The zero-order valence-electron chi connectivity index (χ0n) is 17.8. The van der Waals surface area contributed by atoms with Crippen LogP contribution in [0.1, 0.15) is 86.0 Å². The van der Waals surface area contributed by atoms with E-state index in [1.165, 1.54) is 0 Å². The lowest BCUT2D eigenvalue weighted by molar-refractivity contribution is 0.308. The SMILES string of the molecule is Cc1ccc(C2CCC(CCc3ccc(C4=CCCCC4)c(F)c3F)CC2)cc1F. The smallest absolute Gasteiger partial charge is 0.166 e. The van der Waals surface area contributed by atoms with Crippen molar-refractivity contribution in [2.45, 2.75) is 77.0 Å². The number of hydrogen-bond acceptors (Lipinski definition) is 0. The summed E-state index contributed by atoms with van der Waals surface area (Å²) in [6.07, 6.45) is 11.7. The third kappa shape index (κ3) is 4.66. The Morgan fingerprint density at radius 1 is 0.900 bits per heavy atom. The largest absolute Gasteiger partial charge is 0.207 e. The highest BCUT2D eigenvalue weighted by molar-refractivity contribution is 5.67. The van der Waals surface area contributed by atoms with Gasteiger partial charge in [0, 0.05) is 5.56 Å². The average molecular weight is 413 g/mol. The number of aryl methyl sites for hydroxylation is 2. The van der Waals surface area contributed by atoms with Crippen LogP contribution in [0, 0.1) is 30.3 Å². The van der Waals surface area contributed by atoms with Crippen molar-refractivity contribution in [1.82, 2.24) is 0 Å². The maximum atomic E-state index is 14.7. The number of hydrogen-bond donors (Lipinski definition) is 0. The van der Waals surface area contributed by atoms with Crippen LogP contribution in [0.4, 0.5) is 13.2 Å². The molecular formula is C27H31F3. The van der Waals surface area contributed by atoms with Crippen LogP contribution in [-0.4, -0.2) is 0 Å². The summed E-state index contributed by atoms with van der Waals surface area (Å²) < 4.78 is 43.2. The fourth-order valence-electron chi connectivity index (χ4n) is 5.12. The van der Waals surface area contributed by atoms with E-state index in [2.05, 4.69) is 6.08 Å². The molecular weight excluding hydrogens is 381 g/mol. The van der Waals surface area contributed by atoms with Gasteiger partial charge in [0.25, 0.3) is 0 Å². The second-order valence-electron chi connectivity index (χ2n) is 9.14. The van der Waals surface area contributed by atoms with Crippen molar-refractivity contribution in [3.05, 3.63) is 76.1 Å². The van der Waals surface area contributed by atoms with E-state index in [-0.39, 0.29) is 5.82 Å². The third-order valence-corrected chi connectivity index (χ3v) is 7.14. The molecule has 0 radical (unpaired) electrons. The lowest BCUT2D eigenvalue weighted by atomic mass is 9.76. The molecule has 1 fully saturated rings. The van der Waals surface area contributed by atoms with Gasteiger partial charge < -0.3 is 0 Å². The van der Waals surface area contributed by atoms with Crippen molar-refractivity contribution in [2.24, 2.45) is 5.92 Å². The molecule has 4 rings (SSSR count). The molecule has 3 heteroatoms. The van der Waals surface area contributed by atoms with E-state index in [1.807, 2.05) is 12.1 Å². The summed E-state index contributed by atoms with van der Waals surface area (Å²) in [5.74, 6) is -0.526. The van der Waals surface area contributed by atoms with E-state index >= 15 is 0 Å². The van der Waals surface area contributed by atoms with E-state index < -0.39 is 11.6 Å². The van der Waals surface area contributed by atoms with Crippen molar-refractivity contribution in [3.8, 4) is 0 Å². The van der Waals surface area contributed by atoms with Crippen LogP contribution in [0.15, 0.2) is 36.4 Å². The Labute approximate surface area is 178 Å². The Kier molecular flexibility index (Phi) is 6.65. The first-order valence-electron chi connectivity index (χ1n) is 11.4. The Morgan fingerprint density at radius 3 is 2.40 bits per heavy atom. The Balaban J connectivity index is 1.34. The van der Waals surface area contributed by atoms with E-state index in [0.29, 0.717) is 34.9 Å². The summed E-state index contributed by atoms with van der Waals surface area (Å²) in [7, 11) is 0. The molecule has 0 aromatic heterocycles. The van der Waals surface area contributed by atoms with Gasteiger partial charge in [-0.05, 0) is 111 Å². The monoisotopic (exact) mass is 412 g/mol. The molecule has 30 heavy (non-hydrogen) atoms. The summed E-state index contributed by atoms with van der Waals surface area (Å²) in [6.45, 7) is 1.79. The Hall–Kier alpha value is -2.03. The van der Waals surface area contributed by atoms with Crippen molar-refractivity contribution < 1.29 is 13.2 Å². The Bertz CT molecular complexity index is 920. The summed E-state index contributed by atoms with van der Waals surface area (Å²) in [6, 6.07) is 9.14. The molecule has 2 aliphatic carbocycles. The van der Waals surface area contributed by atoms with Gasteiger partial charge in [0.15, 0.2) is 11.6 Å². The lowest BCUT2D eigenvalue weighted by Gasteiger charge is -2.29. The maximum absolute atomic E-state index is 14.7. The predicted molar refractivity (Wildman–Crippen MR) is 117 cm³/mol. The molecule has 0 saturated heterocycles. The van der Waals surface area contributed by atoms with Crippen LogP contribution in [0.5, 0.6) is 0 Å². The average Bonchev–Trinajstić information content (AvgIpc) is 2.78. The van der Waals surface area contributed by atoms with Gasteiger partial charge in [-0.3, -0.25) is 0 Å². The van der Waals surface area contributed by atoms with Gasteiger partial charge in [0.2, 0.25) is 0 Å². The van der Waals surface area contributed by atoms with Crippen molar-refractivity contribution in [1.29, 1.82) is 0 Å². The first-order valence-corrected chi connectivity index (χ1v) is 11.4. The minimum Gasteiger partial charge on any atom is -0.207 e. The molecule has 160 valence electrons. The molecule has 2 aromatic rings. The number of rotatable bonds is 5. The molecule has 1 saturated carbocycles. The van der Waals surface area contributed by atoms with Gasteiger partial charge in [0.1, 0.15) is 5.82 Å². The fourth-order valence-corrected chi connectivity index (χ4v) is 5.12. The molecule has 0 bridgehead atoms. The zero-order valence-corrected chi connectivity index (χ0v) is 17.8. The predicted octanol–water partition coefficient (Wildman–Crippen LogP) is 8.28. The van der Waals surface area contributed by atoms with Crippen LogP contribution in [0.3, 0.4) is 0 Å². The van der Waals surface area contributed by atoms with Gasteiger partial charge in [-0.15, -0.1) is 0 Å². The highest BCUT2D eigenvalue weighted by atomic mass is 19.2. The van der Waals surface area contributed by atoms with Crippen molar-refractivity contribution in [2.75, 3.05) is 0 Å². The number of halogens is 3. The third-order valence-electron chi connectivity index (χ3n) is 7.14. The second kappa shape index (κ2) is 9.41. The molecule has 2 aliphatic rings. The van der Waals surface area contributed by atoms with Crippen LogP contribution in [-0.2, 0) is 6.42 Å². The molecule has 0 nitrogen and oxygen atoms in total. The van der Waals surface area contributed by atoms with Gasteiger partial charge in [-0.25, -0.2) is 13.2 Å². The van der Waals surface area contributed by atoms with Crippen LogP contribution >= 0.6 is 0 Å². The minimum atomic E-state index is -0.675. The quantitative estimate of drug-likeness (QED) is 0.463. The van der Waals surface area contributed by atoms with Gasteiger partial charge in [-0.2, -0.15) is 0 Å². The standard InChI is InChI=1S/C27H31F3/c1-18-7-11-23(17-25(18)28)20-12-8-19(9-13-20)10-14-22-15-16-24(27(30)26(22)29)21-5-3-2-4-6-21/h5,7,11,15-17,19-20H,2-4,6,8-10,12-14H2,1H3. The molecule has 0 aliphatic heterocycles. The number of allylic oxidation sites excluding steroid dienone is 2. The molecule has 0 unspecified atom stereocenters. The second-order valence-corrected chi connectivity index (χ2v) is 9.14. The summed E-state index contributed by atoms with van der Waals surface area (Å²) in [5, 5.41) is 0. The van der Waals surface area contributed by atoms with Crippen LogP contribution in [0.25, 0.3) is 5.57 Å². The molecule has 0 spiro atoms. The van der Waals surface area contributed by atoms with E-state index in [9.17, 15) is 13.2 Å². The van der Waals surface area contributed by atoms with Gasteiger partial charge >= 0.3 is 0 Å². The first-order chi connectivity index (χ1) is 14.5. The fraction of sp³-hybridized carbons (Fsp3) is 0.481. The molecule has 0 N–H and O–H groups in total. The highest BCUT2D eigenvalue weighted by Crippen LogP contribution is 2.38. The molecule has 0 amide bonds. The molecule has 0 atom stereocenters. The van der Waals surface area contributed by atoms with Gasteiger partial charge in [-0.1, -0.05) is 30.3 Å². The van der Waals surface area contributed by atoms with E-state index in [0.717, 1.165) is 68.9 Å². The van der Waals surface area contributed by atoms with E-state index in [4.69, 9.17) is 0 Å². The van der Waals surface area contributed by atoms with Crippen molar-refractivity contribution in [3.63, 3.8) is 0 Å². The molecule has 2 aromatic carbocycles.